The highest BCUT2D eigenvalue weighted by molar-refractivity contribution is 7.89. The molecule has 19 heavy (non-hydrogen) atoms. The van der Waals surface area contributed by atoms with Gasteiger partial charge in [0.05, 0.1) is 4.90 Å². The van der Waals surface area contributed by atoms with Crippen molar-refractivity contribution in [1.29, 1.82) is 0 Å². The van der Waals surface area contributed by atoms with Crippen LogP contribution >= 0.6 is 0 Å². The molecule has 0 aliphatic heterocycles. The molecule has 4 nitrogen and oxygen atoms in total. The van der Waals surface area contributed by atoms with Crippen LogP contribution in [-0.2, 0) is 16.6 Å². The highest BCUT2D eigenvalue weighted by Crippen LogP contribution is 2.21. The van der Waals surface area contributed by atoms with E-state index in [1.165, 1.54) is 23.5 Å². The van der Waals surface area contributed by atoms with Crippen LogP contribution in [0.25, 0.3) is 0 Å². The molecule has 0 atom stereocenters. The Morgan fingerprint density at radius 2 is 2.00 bits per heavy atom. The summed E-state index contributed by atoms with van der Waals surface area (Å²) in [6.45, 7) is 4.65. The molecule has 108 valence electrons. The normalized spacial score (nSPS) is 12.4. The van der Waals surface area contributed by atoms with Gasteiger partial charge in [0, 0.05) is 20.1 Å². The molecular formula is C13H21FN2O2S. The van der Waals surface area contributed by atoms with Crippen LogP contribution < -0.4 is 5.32 Å². The Bertz CT molecular complexity index is 529. The fraction of sp³-hybridized carbons (Fsp3) is 0.538. The molecule has 0 heterocycles. The third-order valence-corrected chi connectivity index (χ3v) is 4.61. The second kappa shape index (κ2) is 6.45. The second-order valence-corrected chi connectivity index (χ2v) is 6.98. The summed E-state index contributed by atoms with van der Waals surface area (Å²) >= 11 is 0. The van der Waals surface area contributed by atoms with Crippen molar-refractivity contribution in [2.24, 2.45) is 5.92 Å². The Balaban J connectivity index is 3.22. The molecule has 6 heteroatoms. The first-order valence-electron chi connectivity index (χ1n) is 6.18. The number of hydrogen-bond acceptors (Lipinski definition) is 3. The fourth-order valence-corrected chi connectivity index (χ4v) is 3.45. The maximum Gasteiger partial charge on any atom is 0.243 e. The molecule has 1 rings (SSSR count). The van der Waals surface area contributed by atoms with E-state index in [0.29, 0.717) is 18.7 Å². The van der Waals surface area contributed by atoms with Crippen LogP contribution in [0.15, 0.2) is 23.1 Å². The van der Waals surface area contributed by atoms with Gasteiger partial charge in [-0.05, 0) is 30.7 Å². The van der Waals surface area contributed by atoms with Crippen LogP contribution in [-0.4, -0.2) is 33.4 Å². The molecule has 0 spiro atoms. The standard InChI is InChI=1S/C13H21FN2O2S/c1-10(2)9-16(4)19(17,18)13-7-12(14)6-5-11(13)8-15-3/h5-7,10,15H,8-9H2,1-4H3. The fourth-order valence-electron chi connectivity index (χ4n) is 1.89. The third-order valence-electron chi connectivity index (χ3n) is 2.71. The predicted molar refractivity (Wildman–Crippen MR) is 73.8 cm³/mol. The van der Waals surface area contributed by atoms with Gasteiger partial charge in [-0.25, -0.2) is 17.1 Å². The second-order valence-electron chi connectivity index (χ2n) is 4.96. The number of sulfonamides is 1. The summed E-state index contributed by atoms with van der Waals surface area (Å²) in [6.07, 6.45) is 0. The maximum atomic E-state index is 13.3. The highest BCUT2D eigenvalue weighted by Gasteiger charge is 2.24. The van der Waals surface area contributed by atoms with E-state index in [2.05, 4.69) is 5.32 Å². The first kappa shape index (κ1) is 16.1. The van der Waals surface area contributed by atoms with Gasteiger partial charge in [-0.2, -0.15) is 0 Å². The lowest BCUT2D eigenvalue weighted by Crippen LogP contribution is -2.31. The minimum absolute atomic E-state index is 0.0324. The molecule has 0 unspecified atom stereocenters. The molecule has 1 N–H and O–H groups in total. The topological polar surface area (TPSA) is 49.4 Å². The van der Waals surface area contributed by atoms with E-state index >= 15 is 0 Å². The summed E-state index contributed by atoms with van der Waals surface area (Å²) in [5.41, 5.74) is 0.569. The van der Waals surface area contributed by atoms with Crippen LogP contribution in [0.4, 0.5) is 4.39 Å². The molecule has 0 bridgehead atoms. The van der Waals surface area contributed by atoms with E-state index in [9.17, 15) is 12.8 Å². The molecule has 0 aromatic heterocycles. The average molecular weight is 288 g/mol. The van der Waals surface area contributed by atoms with Gasteiger partial charge in [0.1, 0.15) is 5.82 Å². The quantitative estimate of drug-likeness (QED) is 0.868. The molecular weight excluding hydrogens is 267 g/mol. The molecule has 1 aromatic carbocycles. The minimum atomic E-state index is -3.66. The Labute approximate surface area is 114 Å². The van der Waals surface area contributed by atoms with Crippen molar-refractivity contribution < 1.29 is 12.8 Å². The van der Waals surface area contributed by atoms with Crippen molar-refractivity contribution in [1.82, 2.24) is 9.62 Å². The molecule has 0 amide bonds. The average Bonchev–Trinajstić information content (AvgIpc) is 2.30. The molecule has 0 aliphatic carbocycles. The van der Waals surface area contributed by atoms with Crippen LogP contribution in [0.3, 0.4) is 0 Å². The van der Waals surface area contributed by atoms with Gasteiger partial charge in [0.25, 0.3) is 0 Å². The number of benzene rings is 1. The van der Waals surface area contributed by atoms with Crippen molar-refractivity contribution in [3.63, 3.8) is 0 Å². The van der Waals surface area contributed by atoms with E-state index in [0.717, 1.165) is 6.07 Å². The molecule has 1 aromatic rings. The lowest BCUT2D eigenvalue weighted by atomic mass is 10.2. The van der Waals surface area contributed by atoms with Crippen LogP contribution in [0.2, 0.25) is 0 Å². The van der Waals surface area contributed by atoms with Crippen LogP contribution in [0.1, 0.15) is 19.4 Å². The lowest BCUT2D eigenvalue weighted by molar-refractivity contribution is 0.416. The van der Waals surface area contributed by atoms with E-state index in [1.807, 2.05) is 13.8 Å². The Morgan fingerprint density at radius 1 is 1.37 bits per heavy atom. The monoisotopic (exact) mass is 288 g/mol. The van der Waals surface area contributed by atoms with Crippen molar-refractivity contribution >= 4 is 10.0 Å². The summed E-state index contributed by atoms with van der Waals surface area (Å²) in [6, 6.07) is 3.86. The highest BCUT2D eigenvalue weighted by atomic mass is 32.2. The Hall–Kier alpha value is -0.980. The van der Waals surface area contributed by atoms with Gasteiger partial charge in [0.2, 0.25) is 10.0 Å². The molecule has 0 saturated heterocycles. The number of hydrogen-bond donors (Lipinski definition) is 1. The van der Waals surface area contributed by atoms with Gasteiger partial charge in [-0.3, -0.25) is 0 Å². The third kappa shape index (κ3) is 3.99. The maximum absolute atomic E-state index is 13.3. The zero-order chi connectivity index (χ0) is 14.6. The van der Waals surface area contributed by atoms with Gasteiger partial charge >= 0.3 is 0 Å². The zero-order valence-electron chi connectivity index (χ0n) is 11.8. The molecule has 0 radical (unpaired) electrons. The summed E-state index contributed by atoms with van der Waals surface area (Å²) in [5, 5.41) is 2.89. The number of nitrogens with one attached hydrogen (secondary N) is 1. The Morgan fingerprint density at radius 3 is 2.53 bits per heavy atom. The smallest absolute Gasteiger partial charge is 0.243 e. The first-order chi connectivity index (χ1) is 8.78. The van der Waals surface area contributed by atoms with E-state index in [1.54, 1.807) is 7.05 Å². The van der Waals surface area contributed by atoms with E-state index in [4.69, 9.17) is 0 Å². The zero-order valence-corrected chi connectivity index (χ0v) is 12.6. The number of nitrogens with zero attached hydrogens (tertiary/aromatic N) is 1. The summed E-state index contributed by atoms with van der Waals surface area (Å²) in [5.74, 6) is -0.336. The lowest BCUT2D eigenvalue weighted by Gasteiger charge is -2.21. The summed E-state index contributed by atoms with van der Waals surface area (Å²) < 4.78 is 39.5. The van der Waals surface area contributed by atoms with Gasteiger partial charge in [0.15, 0.2) is 0 Å². The van der Waals surface area contributed by atoms with Crippen LogP contribution in [0.5, 0.6) is 0 Å². The SMILES string of the molecule is CNCc1ccc(F)cc1S(=O)(=O)N(C)CC(C)C. The van der Waals surface area contributed by atoms with Gasteiger partial charge in [-0.1, -0.05) is 19.9 Å². The summed E-state index contributed by atoms with van der Waals surface area (Å²) in [7, 11) is -0.419. The van der Waals surface area contributed by atoms with E-state index in [-0.39, 0.29) is 10.8 Å². The minimum Gasteiger partial charge on any atom is -0.316 e. The predicted octanol–water partition coefficient (Wildman–Crippen LogP) is 1.82. The van der Waals surface area contributed by atoms with E-state index < -0.39 is 15.8 Å². The van der Waals surface area contributed by atoms with Gasteiger partial charge in [-0.15, -0.1) is 0 Å². The Kier molecular flexibility index (Phi) is 5.46. The first-order valence-corrected chi connectivity index (χ1v) is 7.62. The van der Waals surface area contributed by atoms with Gasteiger partial charge < -0.3 is 5.32 Å². The van der Waals surface area contributed by atoms with Crippen molar-refractivity contribution in [2.45, 2.75) is 25.3 Å². The number of rotatable bonds is 6. The number of halogens is 1. The van der Waals surface area contributed by atoms with Crippen molar-refractivity contribution in [2.75, 3.05) is 20.6 Å². The summed E-state index contributed by atoms with van der Waals surface area (Å²) in [4.78, 5) is 0.0324. The van der Waals surface area contributed by atoms with Crippen LogP contribution in [0, 0.1) is 11.7 Å². The molecule has 0 saturated carbocycles. The van der Waals surface area contributed by atoms with Crippen molar-refractivity contribution in [3.8, 4) is 0 Å². The molecule has 0 fully saturated rings. The largest absolute Gasteiger partial charge is 0.316 e. The van der Waals surface area contributed by atoms with Crippen molar-refractivity contribution in [3.05, 3.63) is 29.6 Å². The molecule has 0 aliphatic rings.